The first-order chi connectivity index (χ1) is 10.5. The van der Waals surface area contributed by atoms with Crippen molar-refractivity contribution in [2.75, 3.05) is 32.4 Å². The van der Waals surface area contributed by atoms with E-state index in [1.807, 2.05) is 20.0 Å². The first-order valence-corrected chi connectivity index (χ1v) is 8.44. The van der Waals surface area contributed by atoms with Crippen LogP contribution in [0, 0.1) is 10.1 Å². The quantitative estimate of drug-likeness (QED) is 0.226. The fourth-order valence-corrected chi connectivity index (χ4v) is 2.64. The van der Waals surface area contributed by atoms with Gasteiger partial charge in [-0.1, -0.05) is 24.6 Å². The molecular formula is C14H21ClN4O2S. The molecule has 0 atom stereocenters. The molecule has 1 aromatic rings. The number of hydrogen-bond acceptors (Lipinski definition) is 6. The maximum Gasteiger partial charge on any atom is 0.250 e. The summed E-state index contributed by atoms with van der Waals surface area (Å²) < 4.78 is 0. The summed E-state index contributed by atoms with van der Waals surface area (Å²) in [6, 6.07) is 3.70. The zero-order chi connectivity index (χ0) is 16.4. The average Bonchev–Trinajstić information content (AvgIpc) is 2.46. The Kier molecular flexibility index (Phi) is 9.03. The molecule has 0 fully saturated rings. The van der Waals surface area contributed by atoms with Gasteiger partial charge in [0.15, 0.2) is 0 Å². The molecule has 1 heterocycles. The predicted octanol–water partition coefficient (Wildman–Crippen LogP) is 2.99. The van der Waals surface area contributed by atoms with Gasteiger partial charge >= 0.3 is 0 Å². The molecule has 0 aliphatic carbocycles. The van der Waals surface area contributed by atoms with Gasteiger partial charge in [-0.2, -0.15) is 0 Å². The summed E-state index contributed by atoms with van der Waals surface area (Å²) in [5, 5.41) is 11.7. The minimum Gasteiger partial charge on any atom is -0.300 e. The van der Waals surface area contributed by atoms with Crippen molar-refractivity contribution in [1.29, 1.82) is 0 Å². The molecule has 0 aliphatic rings. The Morgan fingerprint density at radius 2 is 2.32 bits per heavy atom. The highest BCUT2D eigenvalue weighted by molar-refractivity contribution is 8.14. The smallest absolute Gasteiger partial charge is 0.250 e. The molecule has 0 N–H and O–H groups in total. The van der Waals surface area contributed by atoms with Gasteiger partial charge < -0.3 is 4.90 Å². The van der Waals surface area contributed by atoms with E-state index in [4.69, 9.17) is 11.6 Å². The zero-order valence-electron chi connectivity index (χ0n) is 12.9. The summed E-state index contributed by atoms with van der Waals surface area (Å²) in [7, 11) is 1.98. The Morgan fingerprint density at radius 3 is 2.91 bits per heavy atom. The van der Waals surface area contributed by atoms with Gasteiger partial charge in [0.2, 0.25) is 0 Å². The fourth-order valence-electron chi connectivity index (χ4n) is 1.71. The molecule has 0 saturated heterocycles. The number of pyridine rings is 1. The van der Waals surface area contributed by atoms with E-state index in [9.17, 15) is 10.1 Å². The lowest BCUT2D eigenvalue weighted by Gasteiger charge is -2.15. The molecule has 0 radical (unpaired) electrons. The number of thioether (sulfide) groups is 1. The molecule has 0 amide bonds. The van der Waals surface area contributed by atoms with Crippen molar-refractivity contribution < 1.29 is 4.92 Å². The van der Waals surface area contributed by atoms with Crippen molar-refractivity contribution in [3.63, 3.8) is 0 Å². The van der Waals surface area contributed by atoms with E-state index in [2.05, 4.69) is 14.9 Å². The molecular weight excluding hydrogens is 324 g/mol. The standard InChI is InChI=1S/C14H21ClN4O2S/c1-3-8-22-14(11-19(20)21)16-6-7-18(2)10-12-4-5-13(15)17-9-12/h4-5,9H,3,6-8,10-11H2,1-2H3. The van der Waals surface area contributed by atoms with Crippen LogP contribution in [-0.2, 0) is 6.54 Å². The van der Waals surface area contributed by atoms with E-state index in [1.54, 1.807) is 12.3 Å². The lowest BCUT2D eigenvalue weighted by molar-refractivity contribution is -0.462. The number of aliphatic imine (C=N–C) groups is 1. The maximum absolute atomic E-state index is 10.6. The van der Waals surface area contributed by atoms with Crippen molar-refractivity contribution in [2.24, 2.45) is 4.99 Å². The van der Waals surface area contributed by atoms with Crippen LogP contribution in [0.3, 0.4) is 0 Å². The minimum absolute atomic E-state index is 0.185. The lowest BCUT2D eigenvalue weighted by atomic mass is 10.3. The normalized spacial score (nSPS) is 11.9. The van der Waals surface area contributed by atoms with Gasteiger partial charge in [-0.3, -0.25) is 15.1 Å². The van der Waals surface area contributed by atoms with E-state index in [1.165, 1.54) is 11.8 Å². The number of aromatic nitrogens is 1. The van der Waals surface area contributed by atoms with Crippen LogP contribution in [0.2, 0.25) is 5.15 Å². The maximum atomic E-state index is 10.6. The van der Waals surface area contributed by atoms with Gasteiger partial charge in [0.25, 0.3) is 6.54 Å². The lowest BCUT2D eigenvalue weighted by Crippen LogP contribution is -2.22. The second-order valence-electron chi connectivity index (χ2n) is 4.84. The first-order valence-electron chi connectivity index (χ1n) is 7.08. The molecule has 0 bridgehead atoms. The molecule has 0 spiro atoms. The monoisotopic (exact) mass is 344 g/mol. The van der Waals surface area contributed by atoms with Crippen LogP contribution in [0.25, 0.3) is 0 Å². The molecule has 1 rings (SSSR count). The number of nitrogens with zero attached hydrogens (tertiary/aromatic N) is 4. The van der Waals surface area contributed by atoms with E-state index >= 15 is 0 Å². The van der Waals surface area contributed by atoms with Gasteiger partial charge in [0, 0.05) is 24.2 Å². The van der Waals surface area contributed by atoms with E-state index in [0.29, 0.717) is 16.7 Å². The molecule has 0 aliphatic heterocycles. The zero-order valence-corrected chi connectivity index (χ0v) is 14.4. The second kappa shape index (κ2) is 10.5. The summed E-state index contributed by atoms with van der Waals surface area (Å²) >= 11 is 7.22. The molecule has 6 nitrogen and oxygen atoms in total. The molecule has 0 saturated carbocycles. The summed E-state index contributed by atoms with van der Waals surface area (Å²) in [6.07, 6.45) is 2.72. The van der Waals surface area contributed by atoms with Crippen molar-refractivity contribution in [3.05, 3.63) is 39.2 Å². The number of likely N-dealkylation sites (N-methyl/N-ethyl adjacent to an activating group) is 1. The van der Waals surface area contributed by atoms with Crippen LogP contribution < -0.4 is 0 Å². The summed E-state index contributed by atoms with van der Waals surface area (Å²) in [4.78, 5) is 20.8. The van der Waals surface area contributed by atoms with Crippen molar-refractivity contribution in [1.82, 2.24) is 9.88 Å². The van der Waals surface area contributed by atoms with Crippen molar-refractivity contribution in [3.8, 4) is 0 Å². The Morgan fingerprint density at radius 1 is 1.55 bits per heavy atom. The highest BCUT2D eigenvalue weighted by Crippen LogP contribution is 2.08. The van der Waals surface area contributed by atoms with Gasteiger partial charge in [0.1, 0.15) is 10.2 Å². The highest BCUT2D eigenvalue weighted by atomic mass is 35.5. The number of nitro groups is 1. The molecule has 122 valence electrons. The van der Waals surface area contributed by atoms with E-state index in [0.717, 1.165) is 30.8 Å². The molecule has 0 aromatic carbocycles. The Balaban J connectivity index is 2.42. The Labute approximate surface area is 140 Å². The van der Waals surface area contributed by atoms with E-state index in [-0.39, 0.29) is 11.5 Å². The van der Waals surface area contributed by atoms with Gasteiger partial charge in [-0.05, 0) is 30.9 Å². The Bertz CT molecular complexity index is 496. The van der Waals surface area contributed by atoms with Crippen LogP contribution in [0.5, 0.6) is 0 Å². The second-order valence-corrected chi connectivity index (χ2v) is 6.40. The minimum atomic E-state index is -0.329. The molecule has 22 heavy (non-hydrogen) atoms. The van der Waals surface area contributed by atoms with Crippen LogP contribution in [0.1, 0.15) is 18.9 Å². The van der Waals surface area contributed by atoms with Gasteiger partial charge in [0.05, 0.1) is 6.54 Å². The SMILES string of the molecule is CCCSC(C[N+](=O)[O-])=NCCN(C)Cc1ccc(Cl)nc1. The number of halogens is 1. The van der Waals surface area contributed by atoms with Gasteiger partial charge in [-0.15, -0.1) is 11.8 Å². The largest absolute Gasteiger partial charge is 0.300 e. The fraction of sp³-hybridized carbons (Fsp3) is 0.571. The van der Waals surface area contributed by atoms with Crippen molar-refractivity contribution >= 4 is 28.4 Å². The third kappa shape index (κ3) is 8.31. The average molecular weight is 345 g/mol. The first kappa shape index (κ1) is 18.9. The van der Waals surface area contributed by atoms with E-state index < -0.39 is 0 Å². The molecule has 0 unspecified atom stereocenters. The van der Waals surface area contributed by atoms with Crippen LogP contribution >= 0.6 is 23.4 Å². The van der Waals surface area contributed by atoms with Crippen molar-refractivity contribution in [2.45, 2.75) is 19.9 Å². The number of hydrogen-bond donors (Lipinski definition) is 0. The summed E-state index contributed by atoms with van der Waals surface area (Å²) in [5.74, 6) is 0.860. The van der Waals surface area contributed by atoms with Crippen LogP contribution in [0.4, 0.5) is 0 Å². The molecule has 8 heteroatoms. The predicted molar refractivity (Wildman–Crippen MR) is 92.5 cm³/mol. The summed E-state index contributed by atoms with van der Waals surface area (Å²) in [5.41, 5.74) is 1.07. The highest BCUT2D eigenvalue weighted by Gasteiger charge is 2.08. The summed E-state index contributed by atoms with van der Waals surface area (Å²) in [6.45, 7) is 3.89. The number of rotatable bonds is 9. The molecule has 1 aromatic heterocycles. The van der Waals surface area contributed by atoms with Crippen LogP contribution in [0.15, 0.2) is 23.3 Å². The topological polar surface area (TPSA) is 71.6 Å². The Hall–Kier alpha value is -1.18. The third-order valence-electron chi connectivity index (χ3n) is 2.75. The van der Waals surface area contributed by atoms with Crippen LogP contribution in [-0.4, -0.2) is 52.3 Å². The third-order valence-corrected chi connectivity index (χ3v) is 4.18. The van der Waals surface area contributed by atoms with Gasteiger partial charge in [-0.25, -0.2) is 4.98 Å².